The number of hydrogen-bond donors (Lipinski definition) is 0. The van der Waals surface area contributed by atoms with Crippen molar-refractivity contribution in [3.63, 3.8) is 0 Å². The molecular weight excluding hydrogens is 212 g/mol. The van der Waals surface area contributed by atoms with Crippen molar-refractivity contribution in [3.05, 3.63) is 27.8 Å². The third-order valence-electron chi connectivity index (χ3n) is 1.95. The third-order valence-corrected chi connectivity index (χ3v) is 1.95. The molecule has 0 aromatic heterocycles. The predicted molar refractivity (Wildman–Crippen MR) is 44.2 cm³/mol. The molecule has 1 aromatic carbocycles. The number of halogens is 2. The fourth-order valence-electron chi connectivity index (χ4n) is 1.28. The van der Waals surface area contributed by atoms with Gasteiger partial charge in [-0.2, -0.15) is 0 Å². The van der Waals surface area contributed by atoms with Gasteiger partial charge in [0.25, 0.3) is 12.1 Å². The minimum absolute atomic E-state index is 0.107. The Morgan fingerprint density at radius 1 is 1.33 bits per heavy atom. The van der Waals surface area contributed by atoms with E-state index in [2.05, 4.69) is 0 Å². The van der Waals surface area contributed by atoms with E-state index in [1.807, 2.05) is 0 Å². The monoisotopic (exact) mass is 217 g/mol. The zero-order chi connectivity index (χ0) is 11.0. The van der Waals surface area contributed by atoms with Gasteiger partial charge in [-0.25, -0.2) is 8.78 Å². The fourth-order valence-corrected chi connectivity index (χ4v) is 1.28. The van der Waals surface area contributed by atoms with Gasteiger partial charge in [0.1, 0.15) is 0 Å². The lowest BCUT2D eigenvalue weighted by Crippen LogP contribution is -1.95. The molecule has 0 radical (unpaired) electrons. The summed E-state index contributed by atoms with van der Waals surface area (Å²) in [5.41, 5.74) is -1.32. The molecule has 0 bridgehead atoms. The molecule has 0 saturated carbocycles. The molecule has 0 aliphatic carbocycles. The Bertz CT molecular complexity index is 421. The summed E-state index contributed by atoms with van der Waals surface area (Å²) in [6.45, 7) is -0.112. The van der Waals surface area contributed by atoms with Crippen LogP contribution >= 0.6 is 0 Å². The molecule has 0 saturated heterocycles. The molecule has 1 heterocycles. The lowest BCUT2D eigenvalue weighted by atomic mass is 10.1. The lowest BCUT2D eigenvalue weighted by molar-refractivity contribution is -0.386. The van der Waals surface area contributed by atoms with Crippen LogP contribution < -0.4 is 9.47 Å². The third kappa shape index (κ3) is 1.56. The predicted octanol–water partition coefficient (Wildman–Crippen LogP) is 2.26. The second-order valence-electron chi connectivity index (χ2n) is 2.82. The number of nitro groups is 1. The molecule has 1 aromatic rings. The van der Waals surface area contributed by atoms with E-state index in [1.54, 1.807) is 0 Å². The van der Waals surface area contributed by atoms with Crippen molar-refractivity contribution >= 4 is 5.69 Å². The Labute approximate surface area is 82.4 Å². The molecule has 2 rings (SSSR count). The van der Waals surface area contributed by atoms with E-state index in [9.17, 15) is 18.9 Å². The first-order valence-corrected chi connectivity index (χ1v) is 3.95. The number of benzene rings is 1. The van der Waals surface area contributed by atoms with Gasteiger partial charge < -0.3 is 9.47 Å². The molecular formula is C8H5F2NO4. The zero-order valence-corrected chi connectivity index (χ0v) is 7.28. The highest BCUT2D eigenvalue weighted by Crippen LogP contribution is 2.41. The van der Waals surface area contributed by atoms with Crippen molar-refractivity contribution in [1.29, 1.82) is 0 Å². The van der Waals surface area contributed by atoms with E-state index in [0.29, 0.717) is 0 Å². The Morgan fingerprint density at radius 3 is 2.47 bits per heavy atom. The Balaban J connectivity index is 2.57. The molecule has 0 N–H and O–H groups in total. The van der Waals surface area contributed by atoms with E-state index in [-0.39, 0.29) is 18.3 Å². The summed E-state index contributed by atoms with van der Waals surface area (Å²) in [6, 6.07) is 1.88. The molecule has 5 nitrogen and oxygen atoms in total. The van der Waals surface area contributed by atoms with E-state index in [4.69, 9.17) is 9.47 Å². The van der Waals surface area contributed by atoms with Crippen LogP contribution in [0, 0.1) is 10.1 Å². The molecule has 1 aliphatic heterocycles. The van der Waals surface area contributed by atoms with Crippen molar-refractivity contribution < 1.29 is 23.2 Å². The van der Waals surface area contributed by atoms with Gasteiger partial charge in [-0.3, -0.25) is 10.1 Å². The van der Waals surface area contributed by atoms with Crippen LogP contribution in [0.5, 0.6) is 11.5 Å². The molecule has 0 spiro atoms. The first-order chi connectivity index (χ1) is 7.09. The second kappa shape index (κ2) is 3.34. The van der Waals surface area contributed by atoms with Gasteiger partial charge in [0.15, 0.2) is 11.5 Å². The maximum Gasteiger partial charge on any atom is 0.282 e. The Kier molecular flexibility index (Phi) is 2.14. The summed E-state index contributed by atoms with van der Waals surface area (Å²) >= 11 is 0. The van der Waals surface area contributed by atoms with Crippen molar-refractivity contribution in [2.75, 3.05) is 6.79 Å². The van der Waals surface area contributed by atoms with Gasteiger partial charge in [0.05, 0.1) is 16.6 Å². The highest BCUT2D eigenvalue weighted by atomic mass is 19.3. The number of ether oxygens (including phenoxy) is 2. The minimum atomic E-state index is -2.92. The van der Waals surface area contributed by atoms with Gasteiger partial charge in [-0.1, -0.05) is 0 Å². The minimum Gasteiger partial charge on any atom is -0.454 e. The van der Waals surface area contributed by atoms with Crippen LogP contribution in [-0.2, 0) is 0 Å². The summed E-state index contributed by atoms with van der Waals surface area (Å²) in [4.78, 5) is 9.63. The van der Waals surface area contributed by atoms with Crippen LogP contribution in [-0.4, -0.2) is 11.7 Å². The largest absolute Gasteiger partial charge is 0.454 e. The van der Waals surface area contributed by atoms with Crippen molar-refractivity contribution in [2.24, 2.45) is 0 Å². The number of alkyl halides is 2. The highest BCUT2D eigenvalue weighted by Gasteiger charge is 2.27. The number of nitrogens with zero attached hydrogens (tertiary/aromatic N) is 1. The average Bonchev–Trinajstić information content (AvgIpc) is 2.61. The molecule has 0 atom stereocenters. The lowest BCUT2D eigenvalue weighted by Gasteiger charge is -2.03. The summed E-state index contributed by atoms with van der Waals surface area (Å²) in [6.07, 6.45) is -2.92. The number of fused-ring (bicyclic) bond motifs is 1. The van der Waals surface area contributed by atoms with Gasteiger partial charge in [-0.05, 0) is 6.07 Å². The highest BCUT2D eigenvalue weighted by molar-refractivity contribution is 5.55. The number of nitro benzene ring substituents is 1. The van der Waals surface area contributed by atoms with Crippen LogP contribution in [0.25, 0.3) is 0 Å². The Morgan fingerprint density at radius 2 is 1.93 bits per heavy atom. The summed E-state index contributed by atoms with van der Waals surface area (Å²) in [7, 11) is 0. The second-order valence-corrected chi connectivity index (χ2v) is 2.82. The van der Waals surface area contributed by atoms with E-state index >= 15 is 0 Å². The molecule has 0 unspecified atom stereocenters. The van der Waals surface area contributed by atoms with Crippen molar-refractivity contribution in [1.82, 2.24) is 0 Å². The SMILES string of the molecule is O=[N+]([O-])c1cc2c(cc1C(F)F)OCO2. The first-order valence-electron chi connectivity index (χ1n) is 3.95. The van der Waals surface area contributed by atoms with Crippen LogP contribution in [0.1, 0.15) is 12.0 Å². The fraction of sp³-hybridized carbons (Fsp3) is 0.250. The van der Waals surface area contributed by atoms with Gasteiger partial charge >= 0.3 is 0 Å². The Hall–Kier alpha value is -1.92. The molecule has 15 heavy (non-hydrogen) atoms. The van der Waals surface area contributed by atoms with Crippen molar-refractivity contribution in [3.8, 4) is 11.5 Å². The van der Waals surface area contributed by atoms with Crippen molar-refractivity contribution in [2.45, 2.75) is 6.43 Å². The number of hydrogen-bond acceptors (Lipinski definition) is 4. The quantitative estimate of drug-likeness (QED) is 0.563. The van der Waals surface area contributed by atoms with E-state index in [0.717, 1.165) is 12.1 Å². The molecule has 1 aliphatic rings. The summed E-state index contributed by atoms with van der Waals surface area (Å²) in [5, 5.41) is 10.5. The maximum absolute atomic E-state index is 12.5. The standard InChI is InChI=1S/C8H5F2NO4/c9-8(10)4-1-6-7(15-3-14-6)2-5(4)11(12)13/h1-2,8H,3H2. The molecule has 0 fully saturated rings. The first kappa shape index (κ1) is 9.63. The number of rotatable bonds is 2. The van der Waals surface area contributed by atoms with Gasteiger partial charge in [0, 0.05) is 0 Å². The van der Waals surface area contributed by atoms with Crippen LogP contribution in [0.4, 0.5) is 14.5 Å². The van der Waals surface area contributed by atoms with E-state index < -0.39 is 22.6 Å². The van der Waals surface area contributed by atoms with Crippen LogP contribution in [0.2, 0.25) is 0 Å². The van der Waals surface area contributed by atoms with Crippen LogP contribution in [0.3, 0.4) is 0 Å². The summed E-state index contributed by atoms with van der Waals surface area (Å²) in [5.74, 6) is 0.224. The maximum atomic E-state index is 12.5. The summed E-state index contributed by atoms with van der Waals surface area (Å²) < 4.78 is 34.6. The molecule has 7 heteroatoms. The van der Waals surface area contributed by atoms with Gasteiger partial charge in [0.2, 0.25) is 6.79 Å². The molecule has 0 amide bonds. The molecule has 80 valence electrons. The van der Waals surface area contributed by atoms with E-state index in [1.165, 1.54) is 0 Å². The average molecular weight is 217 g/mol. The van der Waals surface area contributed by atoms with Crippen LogP contribution in [0.15, 0.2) is 12.1 Å². The smallest absolute Gasteiger partial charge is 0.282 e. The van der Waals surface area contributed by atoms with Gasteiger partial charge in [-0.15, -0.1) is 0 Å². The zero-order valence-electron chi connectivity index (χ0n) is 7.28. The normalized spacial score (nSPS) is 13.3. The topological polar surface area (TPSA) is 61.6 Å².